The van der Waals surface area contributed by atoms with Gasteiger partial charge in [-0.05, 0) is 6.92 Å². The fourth-order valence-corrected chi connectivity index (χ4v) is 0.475. The molecule has 0 aliphatic rings. The summed E-state index contributed by atoms with van der Waals surface area (Å²) in [6.07, 6.45) is 0. The molecule has 0 aromatic carbocycles. The minimum absolute atomic E-state index is 0.0305. The van der Waals surface area contributed by atoms with Gasteiger partial charge in [0.2, 0.25) is 5.91 Å². The topological polar surface area (TPSA) is 46.2 Å². The Kier molecular flexibility index (Phi) is 4.11. The molecule has 0 aliphatic carbocycles. The van der Waals surface area contributed by atoms with Crippen LogP contribution in [0.25, 0.3) is 0 Å². The van der Waals surface area contributed by atoms with Crippen LogP contribution in [0.3, 0.4) is 0 Å². The van der Waals surface area contributed by atoms with Crippen molar-refractivity contribution in [3.63, 3.8) is 0 Å². The lowest BCUT2D eigenvalue weighted by Crippen LogP contribution is -2.30. The van der Waals surface area contributed by atoms with Gasteiger partial charge in [-0.2, -0.15) is 12.6 Å². The maximum Gasteiger partial charge on any atom is 0.216 e. The van der Waals surface area contributed by atoms with Crippen molar-refractivity contribution in [1.29, 1.82) is 0 Å². The Morgan fingerprint density at radius 1 is 1.50 bits per heavy atom. The average molecular weight is 161 g/mol. The molecule has 0 saturated heterocycles. The third-order valence-corrected chi connectivity index (χ3v) is 1.56. The third kappa shape index (κ3) is 4.38. The van der Waals surface area contributed by atoms with E-state index < -0.39 is 0 Å². The average Bonchev–Trinajstić information content (AvgIpc) is 1.82. The molecule has 0 saturated carbocycles. The highest BCUT2D eigenvalue weighted by Gasteiger charge is 2.07. The largest absolute Gasteiger partial charge is 0.355 e. The van der Waals surface area contributed by atoms with E-state index in [0.29, 0.717) is 6.54 Å². The quantitative estimate of drug-likeness (QED) is 0.573. The minimum Gasteiger partial charge on any atom is -0.355 e. The summed E-state index contributed by atoms with van der Waals surface area (Å²) >= 11 is 3.94. The zero-order valence-corrected chi connectivity index (χ0v) is 6.94. The normalized spacial score (nSPS) is 12.3. The second kappa shape index (κ2) is 4.33. The number of hydrogen-bond donors (Lipinski definition) is 2. The van der Waals surface area contributed by atoms with Gasteiger partial charge in [0.25, 0.3) is 0 Å². The fraction of sp³-hybridized carbons (Fsp3) is 0.667. The van der Waals surface area contributed by atoms with Crippen molar-refractivity contribution >= 4 is 24.3 Å². The molecule has 1 unspecified atom stereocenters. The van der Waals surface area contributed by atoms with Gasteiger partial charge in [-0.3, -0.25) is 9.59 Å². The summed E-state index contributed by atoms with van der Waals surface area (Å²) in [7, 11) is 0. The molecular formula is C6H11NO2S. The molecule has 0 fully saturated rings. The Labute approximate surface area is 65.6 Å². The van der Waals surface area contributed by atoms with Gasteiger partial charge in [0.15, 0.2) is 0 Å². The summed E-state index contributed by atoms with van der Waals surface area (Å²) < 4.78 is 0. The first-order valence-electron chi connectivity index (χ1n) is 2.97. The lowest BCUT2D eigenvalue weighted by molar-refractivity contribution is -0.119. The number of carbonyl (C=O) groups is 2. The van der Waals surface area contributed by atoms with E-state index in [1.807, 2.05) is 0 Å². The van der Waals surface area contributed by atoms with E-state index in [0.717, 1.165) is 0 Å². The maximum absolute atomic E-state index is 10.5. The number of thiol groups is 1. The van der Waals surface area contributed by atoms with E-state index in [9.17, 15) is 9.59 Å². The van der Waals surface area contributed by atoms with Crippen molar-refractivity contribution in [2.75, 3.05) is 6.54 Å². The van der Waals surface area contributed by atoms with Gasteiger partial charge >= 0.3 is 0 Å². The van der Waals surface area contributed by atoms with Crippen LogP contribution in [-0.4, -0.2) is 23.5 Å². The molecule has 4 heteroatoms. The Hall–Kier alpha value is -0.510. The summed E-state index contributed by atoms with van der Waals surface area (Å²) in [6.45, 7) is 3.16. The highest BCUT2D eigenvalue weighted by atomic mass is 32.1. The van der Waals surface area contributed by atoms with Crippen molar-refractivity contribution in [2.45, 2.75) is 19.1 Å². The van der Waals surface area contributed by atoms with Crippen LogP contribution in [0.4, 0.5) is 0 Å². The predicted molar refractivity (Wildman–Crippen MR) is 42.1 cm³/mol. The number of amides is 1. The second-order valence-corrected chi connectivity index (χ2v) is 2.69. The molecule has 1 atom stereocenters. The van der Waals surface area contributed by atoms with Gasteiger partial charge in [-0.25, -0.2) is 0 Å². The molecule has 0 spiro atoms. The molecule has 10 heavy (non-hydrogen) atoms. The fourth-order valence-electron chi connectivity index (χ4n) is 0.384. The SMILES string of the molecule is CC(=O)NCC(S)C(C)=O. The third-order valence-electron chi connectivity index (χ3n) is 1.01. The molecule has 0 aromatic heterocycles. The van der Waals surface area contributed by atoms with Gasteiger partial charge in [-0.1, -0.05) is 0 Å². The van der Waals surface area contributed by atoms with Crippen LogP contribution in [0.15, 0.2) is 0 Å². The number of Topliss-reactive ketones (excluding diaryl/α,β-unsaturated/α-hetero) is 1. The number of carbonyl (C=O) groups excluding carboxylic acids is 2. The molecule has 0 heterocycles. The highest BCUT2D eigenvalue weighted by molar-refractivity contribution is 7.81. The first-order valence-corrected chi connectivity index (χ1v) is 3.48. The van der Waals surface area contributed by atoms with Crippen LogP contribution in [0.2, 0.25) is 0 Å². The van der Waals surface area contributed by atoms with Crippen molar-refractivity contribution in [2.24, 2.45) is 0 Å². The number of nitrogens with one attached hydrogen (secondary N) is 1. The molecule has 1 amide bonds. The van der Waals surface area contributed by atoms with Gasteiger partial charge in [0.1, 0.15) is 5.78 Å². The first-order chi connectivity index (χ1) is 4.54. The van der Waals surface area contributed by atoms with E-state index >= 15 is 0 Å². The molecular weight excluding hydrogens is 150 g/mol. The lowest BCUT2D eigenvalue weighted by atomic mass is 10.3. The lowest BCUT2D eigenvalue weighted by Gasteiger charge is -2.05. The van der Waals surface area contributed by atoms with Crippen molar-refractivity contribution in [3.8, 4) is 0 Å². The van der Waals surface area contributed by atoms with E-state index in [-0.39, 0.29) is 16.9 Å². The Balaban J connectivity index is 3.49. The molecule has 0 rings (SSSR count). The summed E-state index contributed by atoms with van der Waals surface area (Å²) in [6, 6.07) is 0. The summed E-state index contributed by atoms with van der Waals surface area (Å²) in [5, 5.41) is 2.12. The second-order valence-electron chi connectivity index (χ2n) is 2.06. The van der Waals surface area contributed by atoms with Gasteiger partial charge in [-0.15, -0.1) is 0 Å². The number of ketones is 1. The van der Waals surface area contributed by atoms with Crippen LogP contribution in [0.5, 0.6) is 0 Å². The zero-order chi connectivity index (χ0) is 8.15. The maximum atomic E-state index is 10.5. The molecule has 0 bridgehead atoms. The minimum atomic E-state index is -0.371. The monoisotopic (exact) mass is 161 g/mol. The van der Waals surface area contributed by atoms with Crippen LogP contribution in [-0.2, 0) is 9.59 Å². The van der Waals surface area contributed by atoms with Gasteiger partial charge in [0.05, 0.1) is 5.25 Å². The van der Waals surface area contributed by atoms with Crippen molar-refractivity contribution < 1.29 is 9.59 Å². The van der Waals surface area contributed by atoms with Crippen molar-refractivity contribution in [3.05, 3.63) is 0 Å². The predicted octanol–water partition coefficient (Wildman–Crippen LogP) is 0.00990. The Morgan fingerprint density at radius 3 is 2.30 bits per heavy atom. The molecule has 0 aromatic rings. The van der Waals surface area contributed by atoms with Crippen molar-refractivity contribution in [1.82, 2.24) is 5.32 Å². The molecule has 3 nitrogen and oxygen atoms in total. The highest BCUT2D eigenvalue weighted by Crippen LogP contribution is 1.93. The summed E-state index contributed by atoms with van der Waals surface area (Å²) in [5.41, 5.74) is 0. The number of rotatable bonds is 3. The van der Waals surface area contributed by atoms with Crippen LogP contribution in [0, 0.1) is 0 Å². The summed E-state index contributed by atoms with van der Waals surface area (Å²) in [5.74, 6) is -0.169. The van der Waals surface area contributed by atoms with E-state index in [2.05, 4.69) is 17.9 Å². The first kappa shape index (κ1) is 9.49. The molecule has 0 aliphatic heterocycles. The van der Waals surface area contributed by atoms with Crippen LogP contribution in [0.1, 0.15) is 13.8 Å². The zero-order valence-electron chi connectivity index (χ0n) is 6.05. The van der Waals surface area contributed by atoms with Gasteiger partial charge in [0, 0.05) is 13.5 Å². The standard InChI is InChI=1S/C6H11NO2S/c1-4(8)6(10)3-7-5(2)9/h6,10H,3H2,1-2H3,(H,7,9). The Morgan fingerprint density at radius 2 is 2.00 bits per heavy atom. The number of hydrogen-bond acceptors (Lipinski definition) is 3. The van der Waals surface area contributed by atoms with E-state index in [4.69, 9.17) is 0 Å². The van der Waals surface area contributed by atoms with Gasteiger partial charge < -0.3 is 5.32 Å². The van der Waals surface area contributed by atoms with E-state index in [1.165, 1.54) is 13.8 Å². The molecule has 0 radical (unpaired) electrons. The molecule has 1 N–H and O–H groups in total. The Bertz CT molecular complexity index is 147. The summed E-state index contributed by atoms with van der Waals surface area (Å²) in [4.78, 5) is 20.8. The smallest absolute Gasteiger partial charge is 0.216 e. The molecule has 58 valence electrons. The van der Waals surface area contributed by atoms with Crippen LogP contribution < -0.4 is 5.32 Å². The van der Waals surface area contributed by atoms with Crippen LogP contribution >= 0.6 is 12.6 Å². The van der Waals surface area contributed by atoms with E-state index in [1.54, 1.807) is 0 Å².